The molecule has 0 fully saturated rings. The molecule has 1 aromatic carbocycles. The van der Waals surface area contributed by atoms with Crippen molar-refractivity contribution in [2.45, 2.75) is 32.0 Å². The molecule has 0 aliphatic carbocycles. The first-order valence-corrected chi connectivity index (χ1v) is 10.3. The highest BCUT2D eigenvalue weighted by Crippen LogP contribution is 2.28. The molecule has 29 heavy (non-hydrogen) atoms. The lowest BCUT2D eigenvalue weighted by Gasteiger charge is -2.14. The van der Waals surface area contributed by atoms with Gasteiger partial charge in [0.25, 0.3) is 0 Å². The maximum absolute atomic E-state index is 12.3. The smallest absolute Gasteiger partial charge is 0.230 e. The minimum Gasteiger partial charge on any atom is -0.383 e. The highest BCUT2D eigenvalue weighted by Gasteiger charge is 2.18. The molecule has 0 spiro atoms. The second kappa shape index (κ2) is 9.67. The van der Waals surface area contributed by atoms with Gasteiger partial charge in [0.15, 0.2) is 11.0 Å². The summed E-state index contributed by atoms with van der Waals surface area (Å²) in [7, 11) is 1.62. The second-order valence-electron chi connectivity index (χ2n) is 6.86. The van der Waals surface area contributed by atoms with Crippen LogP contribution in [0.2, 0.25) is 0 Å². The molecule has 3 aromatic rings. The van der Waals surface area contributed by atoms with E-state index in [0.29, 0.717) is 17.6 Å². The number of thioether (sulfide) groups is 1. The van der Waals surface area contributed by atoms with Gasteiger partial charge in [-0.3, -0.25) is 14.3 Å². The third-order valence-corrected chi connectivity index (χ3v) is 5.41. The maximum Gasteiger partial charge on any atom is 0.230 e. The van der Waals surface area contributed by atoms with Crippen molar-refractivity contribution < 1.29 is 9.53 Å². The number of hydrogen-bond acceptors (Lipinski definition) is 6. The van der Waals surface area contributed by atoms with Gasteiger partial charge in [-0.2, -0.15) is 0 Å². The summed E-state index contributed by atoms with van der Waals surface area (Å²) in [6.07, 6.45) is 3.46. The van der Waals surface area contributed by atoms with Crippen LogP contribution in [0.3, 0.4) is 0 Å². The zero-order valence-electron chi connectivity index (χ0n) is 17.0. The van der Waals surface area contributed by atoms with Crippen molar-refractivity contribution in [3.05, 3.63) is 53.9 Å². The average molecular weight is 412 g/mol. The average Bonchev–Trinajstić information content (AvgIpc) is 3.13. The lowest BCUT2D eigenvalue weighted by Crippen LogP contribution is -2.36. The number of aryl methyl sites for hydroxylation is 2. The number of ether oxygens (including phenoxy) is 1. The van der Waals surface area contributed by atoms with Crippen molar-refractivity contribution in [1.29, 1.82) is 0 Å². The molecule has 0 saturated heterocycles. The molecule has 8 heteroatoms. The number of amides is 1. The summed E-state index contributed by atoms with van der Waals surface area (Å²) in [5.41, 5.74) is 4.27. The molecule has 2 aromatic heterocycles. The topological polar surface area (TPSA) is 81.9 Å². The van der Waals surface area contributed by atoms with Gasteiger partial charge in [0.05, 0.1) is 18.0 Å². The number of nitrogens with one attached hydrogen (secondary N) is 1. The second-order valence-corrected chi connectivity index (χ2v) is 7.80. The van der Waals surface area contributed by atoms with Crippen LogP contribution in [0.4, 0.5) is 0 Å². The van der Waals surface area contributed by atoms with E-state index in [1.54, 1.807) is 19.5 Å². The summed E-state index contributed by atoms with van der Waals surface area (Å²) in [6.45, 7) is 6.54. The molecule has 152 valence electrons. The van der Waals surface area contributed by atoms with Gasteiger partial charge < -0.3 is 10.1 Å². The maximum atomic E-state index is 12.3. The number of hydrogen-bond donors (Lipinski definition) is 1. The number of pyridine rings is 1. The molecule has 0 aliphatic heterocycles. The fourth-order valence-electron chi connectivity index (χ4n) is 2.89. The van der Waals surface area contributed by atoms with Gasteiger partial charge in [0, 0.05) is 31.1 Å². The molecule has 1 amide bonds. The van der Waals surface area contributed by atoms with Crippen LogP contribution in [0.1, 0.15) is 18.1 Å². The number of rotatable bonds is 8. The number of nitrogens with zero attached hydrogens (tertiary/aromatic N) is 4. The van der Waals surface area contributed by atoms with E-state index >= 15 is 0 Å². The van der Waals surface area contributed by atoms with Gasteiger partial charge >= 0.3 is 0 Å². The van der Waals surface area contributed by atoms with E-state index in [4.69, 9.17) is 4.74 Å². The Balaban J connectivity index is 1.90. The highest BCUT2D eigenvalue weighted by molar-refractivity contribution is 7.99. The molecular weight excluding hydrogens is 386 g/mol. The van der Waals surface area contributed by atoms with Crippen LogP contribution in [-0.2, 0) is 9.53 Å². The summed E-state index contributed by atoms with van der Waals surface area (Å²) in [5, 5.41) is 12.3. The molecule has 2 heterocycles. The van der Waals surface area contributed by atoms with Crippen LogP contribution in [0, 0.1) is 13.8 Å². The molecule has 3 rings (SSSR count). The number of carbonyl (C=O) groups excluding carboxylic acids is 1. The van der Waals surface area contributed by atoms with Gasteiger partial charge in [-0.05, 0) is 56.2 Å². The normalized spacial score (nSPS) is 12.0. The first-order valence-electron chi connectivity index (χ1n) is 9.34. The number of benzene rings is 1. The first kappa shape index (κ1) is 21.0. The van der Waals surface area contributed by atoms with Crippen molar-refractivity contribution >= 4 is 17.7 Å². The first-order chi connectivity index (χ1) is 14.0. The minimum absolute atomic E-state index is 0.0434. The van der Waals surface area contributed by atoms with Gasteiger partial charge in [0.2, 0.25) is 5.91 Å². The zero-order valence-corrected chi connectivity index (χ0v) is 17.9. The van der Waals surface area contributed by atoms with E-state index in [1.165, 1.54) is 22.9 Å². The van der Waals surface area contributed by atoms with Gasteiger partial charge in [-0.1, -0.05) is 17.8 Å². The molecule has 0 aliphatic rings. The Hall–Kier alpha value is -2.71. The summed E-state index contributed by atoms with van der Waals surface area (Å²) >= 11 is 1.36. The number of carbonyl (C=O) groups is 1. The predicted molar refractivity (Wildman–Crippen MR) is 114 cm³/mol. The minimum atomic E-state index is -0.0698. The SMILES string of the molecule is COC[C@H](C)NC(=O)CSc1nnc(-c2ccncc2)n1-c1ccc(C)c(C)c1. The largest absolute Gasteiger partial charge is 0.383 e. The van der Waals surface area contributed by atoms with Crippen molar-refractivity contribution in [1.82, 2.24) is 25.1 Å². The van der Waals surface area contributed by atoms with Crippen molar-refractivity contribution in [2.75, 3.05) is 19.5 Å². The fourth-order valence-corrected chi connectivity index (χ4v) is 3.65. The predicted octanol–water partition coefficient (Wildman–Crippen LogP) is 3.19. The van der Waals surface area contributed by atoms with Crippen molar-refractivity contribution in [3.8, 4) is 17.1 Å². The van der Waals surface area contributed by atoms with Gasteiger partial charge in [0.1, 0.15) is 0 Å². The molecule has 1 N–H and O–H groups in total. The van der Waals surface area contributed by atoms with E-state index in [-0.39, 0.29) is 17.7 Å². The van der Waals surface area contributed by atoms with Gasteiger partial charge in [-0.25, -0.2) is 0 Å². The highest BCUT2D eigenvalue weighted by atomic mass is 32.2. The monoisotopic (exact) mass is 411 g/mol. The summed E-state index contributed by atoms with van der Waals surface area (Å²) < 4.78 is 7.05. The zero-order chi connectivity index (χ0) is 20.8. The molecule has 0 saturated carbocycles. The van der Waals surface area contributed by atoms with Crippen LogP contribution in [0.25, 0.3) is 17.1 Å². The van der Waals surface area contributed by atoms with E-state index in [2.05, 4.69) is 46.5 Å². The van der Waals surface area contributed by atoms with Crippen molar-refractivity contribution in [2.24, 2.45) is 0 Å². The van der Waals surface area contributed by atoms with Crippen LogP contribution in [0.5, 0.6) is 0 Å². The number of methoxy groups -OCH3 is 1. The van der Waals surface area contributed by atoms with E-state index in [1.807, 2.05) is 29.7 Å². The lowest BCUT2D eigenvalue weighted by atomic mass is 10.1. The quantitative estimate of drug-likeness (QED) is 0.573. The lowest BCUT2D eigenvalue weighted by molar-refractivity contribution is -0.119. The van der Waals surface area contributed by atoms with Crippen LogP contribution in [-0.4, -0.2) is 51.2 Å². The van der Waals surface area contributed by atoms with Crippen LogP contribution in [0.15, 0.2) is 47.9 Å². The Bertz CT molecular complexity index is 974. The fraction of sp³-hybridized carbons (Fsp3) is 0.333. The number of aromatic nitrogens is 4. The van der Waals surface area contributed by atoms with Gasteiger partial charge in [-0.15, -0.1) is 10.2 Å². The molecule has 0 unspecified atom stereocenters. The summed E-state index contributed by atoms with van der Waals surface area (Å²) in [5.74, 6) is 0.888. The Morgan fingerprint density at radius 1 is 1.17 bits per heavy atom. The van der Waals surface area contributed by atoms with E-state index in [9.17, 15) is 4.79 Å². The standard InChI is InChI=1S/C21H25N5O2S/c1-14-5-6-18(11-15(14)2)26-20(17-7-9-22-10-8-17)24-25-21(26)29-13-19(27)23-16(3)12-28-4/h5-11,16H,12-13H2,1-4H3,(H,23,27)/t16-/m0/s1. The van der Waals surface area contributed by atoms with Crippen LogP contribution < -0.4 is 5.32 Å². The van der Waals surface area contributed by atoms with Crippen LogP contribution >= 0.6 is 11.8 Å². The Morgan fingerprint density at radius 2 is 1.93 bits per heavy atom. The molecule has 0 bridgehead atoms. The van der Waals surface area contributed by atoms with Crippen molar-refractivity contribution in [3.63, 3.8) is 0 Å². The molecule has 0 radical (unpaired) electrons. The van der Waals surface area contributed by atoms with E-state index in [0.717, 1.165) is 11.3 Å². The Kier molecular flexibility index (Phi) is 7.00. The molecular formula is C21H25N5O2S. The van der Waals surface area contributed by atoms with E-state index < -0.39 is 0 Å². The molecule has 7 nitrogen and oxygen atoms in total. The molecule has 1 atom stereocenters. The Labute approximate surface area is 174 Å². The Morgan fingerprint density at radius 3 is 2.62 bits per heavy atom. The summed E-state index contributed by atoms with van der Waals surface area (Å²) in [6, 6.07) is 9.98. The third-order valence-electron chi connectivity index (χ3n) is 4.48. The summed E-state index contributed by atoms with van der Waals surface area (Å²) in [4.78, 5) is 16.4. The third kappa shape index (κ3) is 5.21.